The molecule has 0 saturated carbocycles. The fourth-order valence-corrected chi connectivity index (χ4v) is 1.94. The summed E-state index contributed by atoms with van der Waals surface area (Å²) in [5.74, 6) is 1.26. The fourth-order valence-electron chi connectivity index (χ4n) is 1.15. The lowest BCUT2D eigenvalue weighted by molar-refractivity contribution is 0.873. The number of H-pyrrole nitrogens is 1. The van der Waals surface area contributed by atoms with Gasteiger partial charge in [-0.25, -0.2) is 15.0 Å². The van der Waals surface area contributed by atoms with Crippen LogP contribution >= 0.6 is 11.8 Å². The van der Waals surface area contributed by atoms with E-state index in [1.165, 1.54) is 18.1 Å². The van der Waals surface area contributed by atoms with Gasteiger partial charge in [-0.05, 0) is 18.7 Å². The zero-order valence-electron chi connectivity index (χ0n) is 9.06. The first-order chi connectivity index (χ1) is 7.70. The summed E-state index contributed by atoms with van der Waals surface area (Å²) in [5, 5.41) is 8.07. The van der Waals surface area contributed by atoms with Crippen molar-refractivity contribution in [3.8, 4) is 0 Å². The number of rotatable bonds is 3. The van der Waals surface area contributed by atoms with Gasteiger partial charge >= 0.3 is 0 Å². The molecule has 0 saturated heterocycles. The molecule has 0 spiro atoms. The van der Waals surface area contributed by atoms with E-state index in [-0.39, 0.29) is 0 Å². The Morgan fingerprint density at radius 3 is 2.88 bits per heavy atom. The van der Waals surface area contributed by atoms with Crippen LogP contribution in [0.2, 0.25) is 0 Å². The van der Waals surface area contributed by atoms with Crippen LogP contribution < -0.4 is 5.73 Å². The molecule has 0 bridgehead atoms. The number of hydrogen-bond donors (Lipinski definition) is 2. The van der Waals surface area contributed by atoms with Crippen LogP contribution in [0.3, 0.4) is 0 Å². The Morgan fingerprint density at radius 1 is 1.44 bits per heavy atom. The third kappa shape index (κ3) is 2.13. The van der Waals surface area contributed by atoms with Gasteiger partial charge in [-0.15, -0.1) is 0 Å². The van der Waals surface area contributed by atoms with E-state index in [0.29, 0.717) is 11.0 Å². The lowest BCUT2D eigenvalue weighted by atomic mass is 10.3. The van der Waals surface area contributed by atoms with E-state index in [0.717, 1.165) is 22.8 Å². The Bertz CT molecular complexity index is 481. The van der Waals surface area contributed by atoms with Crippen LogP contribution in [0.5, 0.6) is 0 Å². The zero-order valence-corrected chi connectivity index (χ0v) is 9.88. The summed E-state index contributed by atoms with van der Waals surface area (Å²) >= 11 is 1.40. The molecule has 2 aromatic heterocycles. The molecule has 0 radical (unpaired) electrons. The number of nitrogens with two attached hydrogens (primary N) is 1. The largest absolute Gasteiger partial charge is 0.383 e. The quantitative estimate of drug-likeness (QED) is 0.778. The molecule has 2 aromatic rings. The molecular weight excluding hydrogens is 224 g/mol. The second-order valence-electron chi connectivity index (χ2n) is 3.20. The first-order valence-corrected chi connectivity index (χ1v) is 5.68. The number of nitrogens with zero attached hydrogens (tertiary/aromatic N) is 4. The molecule has 2 rings (SSSR count). The van der Waals surface area contributed by atoms with Gasteiger partial charge in [0.15, 0.2) is 5.16 Å². The van der Waals surface area contributed by atoms with E-state index < -0.39 is 0 Å². The van der Waals surface area contributed by atoms with Gasteiger partial charge < -0.3 is 5.73 Å². The van der Waals surface area contributed by atoms with Gasteiger partial charge in [-0.2, -0.15) is 5.10 Å². The van der Waals surface area contributed by atoms with Crippen LogP contribution in [0.4, 0.5) is 5.82 Å². The van der Waals surface area contributed by atoms with Gasteiger partial charge in [0.1, 0.15) is 23.0 Å². The van der Waals surface area contributed by atoms with Crippen molar-refractivity contribution in [2.45, 2.75) is 30.5 Å². The van der Waals surface area contributed by atoms with Gasteiger partial charge in [0.05, 0.1) is 0 Å². The summed E-state index contributed by atoms with van der Waals surface area (Å²) in [6.07, 6.45) is 2.22. The Kier molecular flexibility index (Phi) is 3.04. The van der Waals surface area contributed by atoms with Crippen LogP contribution in [-0.2, 0) is 6.42 Å². The van der Waals surface area contributed by atoms with E-state index in [9.17, 15) is 0 Å². The van der Waals surface area contributed by atoms with Crippen molar-refractivity contribution in [1.29, 1.82) is 0 Å². The molecule has 7 heteroatoms. The summed E-state index contributed by atoms with van der Waals surface area (Å²) in [5.41, 5.74) is 6.69. The average Bonchev–Trinajstić information content (AvgIpc) is 2.77. The lowest BCUT2D eigenvalue weighted by Crippen LogP contribution is -2.03. The van der Waals surface area contributed by atoms with Crippen molar-refractivity contribution in [2.75, 3.05) is 5.73 Å². The van der Waals surface area contributed by atoms with Crippen molar-refractivity contribution < 1.29 is 0 Å². The molecule has 0 atom stereocenters. The van der Waals surface area contributed by atoms with Gasteiger partial charge in [0.25, 0.3) is 0 Å². The lowest BCUT2D eigenvalue weighted by Gasteiger charge is -2.06. The van der Waals surface area contributed by atoms with E-state index in [4.69, 9.17) is 5.73 Å². The number of aryl methyl sites for hydroxylation is 1. The van der Waals surface area contributed by atoms with Gasteiger partial charge in [-0.3, -0.25) is 5.10 Å². The second-order valence-corrected chi connectivity index (χ2v) is 4.18. The predicted molar refractivity (Wildman–Crippen MR) is 61.1 cm³/mol. The SMILES string of the molecule is CCc1nc(N)c(C)c(Sc2ncn[nH]2)n1. The minimum absolute atomic E-state index is 0.522. The Hall–Kier alpha value is -1.63. The number of nitrogens with one attached hydrogen (secondary N) is 1. The second kappa shape index (κ2) is 4.48. The predicted octanol–water partition coefficient (Wildman–Crippen LogP) is 1.20. The molecule has 0 aliphatic carbocycles. The normalized spacial score (nSPS) is 10.6. The third-order valence-electron chi connectivity index (χ3n) is 2.09. The Morgan fingerprint density at radius 2 is 2.25 bits per heavy atom. The first-order valence-electron chi connectivity index (χ1n) is 4.87. The molecular formula is C9H12N6S. The maximum atomic E-state index is 5.82. The smallest absolute Gasteiger partial charge is 0.189 e. The summed E-state index contributed by atoms with van der Waals surface area (Å²) in [7, 11) is 0. The molecule has 2 heterocycles. The summed E-state index contributed by atoms with van der Waals surface area (Å²) < 4.78 is 0. The van der Waals surface area contributed by atoms with E-state index >= 15 is 0 Å². The molecule has 0 aromatic carbocycles. The van der Waals surface area contributed by atoms with Crippen molar-refractivity contribution in [3.63, 3.8) is 0 Å². The molecule has 84 valence electrons. The molecule has 3 N–H and O–H groups in total. The summed E-state index contributed by atoms with van der Waals surface area (Å²) in [6.45, 7) is 3.89. The van der Waals surface area contributed by atoms with Crippen molar-refractivity contribution in [2.24, 2.45) is 0 Å². The van der Waals surface area contributed by atoms with E-state index in [1.54, 1.807) is 0 Å². The van der Waals surface area contributed by atoms with E-state index in [1.807, 2.05) is 13.8 Å². The minimum Gasteiger partial charge on any atom is -0.383 e. The maximum Gasteiger partial charge on any atom is 0.189 e. The monoisotopic (exact) mass is 236 g/mol. The molecule has 0 amide bonds. The topological polar surface area (TPSA) is 93.4 Å². The van der Waals surface area contributed by atoms with Gasteiger partial charge in [0, 0.05) is 12.0 Å². The number of aromatic nitrogens is 5. The fraction of sp³-hybridized carbons (Fsp3) is 0.333. The van der Waals surface area contributed by atoms with Crippen molar-refractivity contribution >= 4 is 17.6 Å². The highest BCUT2D eigenvalue weighted by molar-refractivity contribution is 7.99. The molecule has 6 nitrogen and oxygen atoms in total. The highest BCUT2D eigenvalue weighted by atomic mass is 32.2. The van der Waals surface area contributed by atoms with Crippen molar-refractivity contribution in [3.05, 3.63) is 17.7 Å². The number of hydrogen-bond acceptors (Lipinski definition) is 6. The number of aromatic amines is 1. The van der Waals surface area contributed by atoms with Crippen LogP contribution in [0.15, 0.2) is 16.5 Å². The molecule has 0 unspecified atom stereocenters. The van der Waals surface area contributed by atoms with Crippen LogP contribution in [0, 0.1) is 6.92 Å². The Balaban J connectivity index is 2.36. The summed E-state index contributed by atoms with van der Waals surface area (Å²) in [4.78, 5) is 12.6. The zero-order chi connectivity index (χ0) is 11.5. The van der Waals surface area contributed by atoms with Crippen LogP contribution in [0.1, 0.15) is 18.3 Å². The number of nitrogen functional groups attached to an aromatic ring is 1. The first kappa shape index (κ1) is 10.9. The molecule has 0 fully saturated rings. The van der Waals surface area contributed by atoms with Gasteiger partial charge in [-0.1, -0.05) is 6.92 Å². The van der Waals surface area contributed by atoms with Crippen LogP contribution in [-0.4, -0.2) is 25.1 Å². The van der Waals surface area contributed by atoms with Crippen LogP contribution in [0.25, 0.3) is 0 Å². The average molecular weight is 236 g/mol. The highest BCUT2D eigenvalue weighted by Crippen LogP contribution is 2.27. The summed E-state index contributed by atoms with van der Waals surface area (Å²) in [6, 6.07) is 0. The van der Waals surface area contributed by atoms with Crippen molar-refractivity contribution in [1.82, 2.24) is 25.1 Å². The maximum absolute atomic E-state index is 5.82. The molecule has 0 aliphatic heterocycles. The third-order valence-corrected chi connectivity index (χ3v) is 3.07. The minimum atomic E-state index is 0.522. The number of anilines is 1. The molecule has 16 heavy (non-hydrogen) atoms. The molecule has 0 aliphatic rings. The Labute approximate surface area is 97.1 Å². The highest BCUT2D eigenvalue weighted by Gasteiger charge is 2.10. The van der Waals surface area contributed by atoms with E-state index in [2.05, 4.69) is 25.1 Å². The van der Waals surface area contributed by atoms with Gasteiger partial charge in [0.2, 0.25) is 0 Å². The standard InChI is InChI=1S/C9H12N6S/c1-3-6-13-7(10)5(2)8(14-6)16-9-11-4-12-15-9/h4H,3H2,1-2H3,(H2,10,13,14)(H,11,12,15).